The van der Waals surface area contributed by atoms with Crippen molar-refractivity contribution in [2.45, 2.75) is 63.8 Å². The Morgan fingerprint density at radius 1 is 1.11 bits per heavy atom. The van der Waals surface area contributed by atoms with Crippen molar-refractivity contribution in [1.82, 2.24) is 10.3 Å². The zero-order valence-corrected chi connectivity index (χ0v) is 21.2. The molecule has 1 aromatic carbocycles. The monoisotopic (exact) mass is 492 g/mol. The van der Waals surface area contributed by atoms with E-state index in [9.17, 15) is 14.0 Å². The molecule has 0 aliphatic heterocycles. The van der Waals surface area contributed by atoms with Crippen LogP contribution in [0.4, 0.5) is 10.1 Å². The van der Waals surface area contributed by atoms with Crippen LogP contribution in [0.5, 0.6) is 0 Å². The molecule has 2 bridgehead atoms. The minimum Gasteiger partial charge on any atom is -0.354 e. The fourth-order valence-electron chi connectivity index (χ4n) is 7.13. The van der Waals surface area contributed by atoms with Gasteiger partial charge in [0.1, 0.15) is 5.82 Å². The summed E-state index contributed by atoms with van der Waals surface area (Å²) >= 11 is 0. The van der Waals surface area contributed by atoms with Gasteiger partial charge in [-0.1, -0.05) is 26.0 Å². The summed E-state index contributed by atoms with van der Waals surface area (Å²) in [5, 5.41) is 6.19. The third-order valence-corrected chi connectivity index (χ3v) is 9.11. The lowest BCUT2D eigenvalue weighted by atomic mass is 9.54. The minimum absolute atomic E-state index is 0.0321. The summed E-state index contributed by atoms with van der Waals surface area (Å²) < 4.78 is 13.4. The van der Waals surface area contributed by atoms with Gasteiger partial charge in [0, 0.05) is 35.5 Å². The zero-order valence-electron chi connectivity index (χ0n) is 21.2. The van der Waals surface area contributed by atoms with E-state index >= 15 is 0 Å². The van der Waals surface area contributed by atoms with Crippen molar-refractivity contribution in [3.05, 3.63) is 60.2 Å². The molecule has 3 aliphatic carbocycles. The second-order valence-corrected chi connectivity index (χ2v) is 11.8. The number of rotatable bonds is 7. The number of benzene rings is 1. The number of hydrogen-bond acceptors (Lipinski definition) is 4. The number of carbonyl (C=O) groups is 2. The van der Waals surface area contributed by atoms with Gasteiger partial charge in [0.15, 0.2) is 0 Å². The molecule has 2 aromatic rings. The molecule has 0 spiro atoms. The minimum atomic E-state index is -0.611. The Morgan fingerprint density at radius 2 is 1.81 bits per heavy atom. The molecule has 36 heavy (non-hydrogen) atoms. The number of fused-ring (bicyclic) bond motifs is 2. The molecule has 1 heterocycles. The molecule has 6 atom stereocenters. The van der Waals surface area contributed by atoms with E-state index in [4.69, 9.17) is 5.73 Å². The van der Waals surface area contributed by atoms with Gasteiger partial charge in [-0.15, -0.1) is 0 Å². The van der Waals surface area contributed by atoms with E-state index in [1.807, 2.05) is 12.1 Å². The zero-order chi connectivity index (χ0) is 25.5. The van der Waals surface area contributed by atoms with Crippen LogP contribution in [-0.4, -0.2) is 29.4 Å². The van der Waals surface area contributed by atoms with Gasteiger partial charge in [-0.25, -0.2) is 4.39 Å². The maximum Gasteiger partial charge on any atom is 0.237 e. The van der Waals surface area contributed by atoms with Crippen LogP contribution in [-0.2, 0) is 15.0 Å². The highest BCUT2D eigenvalue weighted by Gasteiger charge is 2.51. The fourth-order valence-corrected chi connectivity index (χ4v) is 7.13. The van der Waals surface area contributed by atoms with E-state index in [1.165, 1.54) is 12.1 Å². The highest BCUT2D eigenvalue weighted by Crippen LogP contribution is 2.54. The molecule has 0 radical (unpaired) electrons. The van der Waals surface area contributed by atoms with Gasteiger partial charge >= 0.3 is 0 Å². The summed E-state index contributed by atoms with van der Waals surface area (Å²) in [6.45, 7) is 4.78. The first-order valence-electron chi connectivity index (χ1n) is 13.2. The quantitative estimate of drug-likeness (QED) is 0.533. The summed E-state index contributed by atoms with van der Waals surface area (Å²) in [4.78, 5) is 30.6. The number of hydrogen-bond donors (Lipinski definition) is 3. The highest BCUT2D eigenvalue weighted by atomic mass is 19.1. The second kappa shape index (κ2) is 9.58. The maximum absolute atomic E-state index is 13.4. The maximum atomic E-state index is 13.4. The number of anilines is 1. The molecule has 3 aliphatic rings. The van der Waals surface area contributed by atoms with Crippen molar-refractivity contribution in [3.8, 4) is 0 Å². The van der Waals surface area contributed by atoms with Crippen LogP contribution in [0.3, 0.4) is 0 Å². The van der Waals surface area contributed by atoms with Crippen molar-refractivity contribution in [1.29, 1.82) is 0 Å². The predicted molar refractivity (Wildman–Crippen MR) is 137 cm³/mol. The molecule has 5 rings (SSSR count). The van der Waals surface area contributed by atoms with Gasteiger partial charge in [-0.3, -0.25) is 14.6 Å². The van der Waals surface area contributed by atoms with Crippen LogP contribution in [0.2, 0.25) is 0 Å². The van der Waals surface area contributed by atoms with Crippen molar-refractivity contribution < 1.29 is 14.0 Å². The Bertz CT molecular complexity index is 1100. The number of pyridine rings is 1. The molecule has 0 saturated heterocycles. The van der Waals surface area contributed by atoms with Crippen LogP contribution < -0.4 is 16.4 Å². The van der Waals surface area contributed by atoms with Crippen molar-refractivity contribution in [2.75, 3.05) is 11.9 Å². The first-order chi connectivity index (χ1) is 17.2. The Hall–Kier alpha value is -2.80. The van der Waals surface area contributed by atoms with E-state index in [0.29, 0.717) is 18.4 Å². The highest BCUT2D eigenvalue weighted by molar-refractivity contribution is 5.95. The van der Waals surface area contributed by atoms with Gasteiger partial charge in [0.25, 0.3) is 0 Å². The van der Waals surface area contributed by atoms with Crippen LogP contribution >= 0.6 is 0 Å². The van der Waals surface area contributed by atoms with Crippen molar-refractivity contribution in [2.24, 2.45) is 34.8 Å². The van der Waals surface area contributed by atoms with Gasteiger partial charge in [0.05, 0.1) is 6.04 Å². The lowest BCUT2D eigenvalue weighted by Gasteiger charge is -2.51. The summed E-state index contributed by atoms with van der Waals surface area (Å²) in [7, 11) is 0. The van der Waals surface area contributed by atoms with Crippen LogP contribution in [0.1, 0.15) is 57.9 Å². The molecule has 6 unspecified atom stereocenters. The number of amides is 2. The van der Waals surface area contributed by atoms with Gasteiger partial charge < -0.3 is 16.4 Å². The van der Waals surface area contributed by atoms with E-state index in [0.717, 1.165) is 49.8 Å². The molecular formula is C29H37FN4O2. The molecule has 6 nitrogen and oxygen atoms in total. The van der Waals surface area contributed by atoms with Crippen molar-refractivity contribution in [3.63, 3.8) is 0 Å². The average molecular weight is 493 g/mol. The molecule has 1 aromatic heterocycles. The first-order valence-corrected chi connectivity index (χ1v) is 13.2. The van der Waals surface area contributed by atoms with E-state index in [2.05, 4.69) is 29.5 Å². The topological polar surface area (TPSA) is 97.1 Å². The molecule has 3 saturated carbocycles. The number of halogens is 1. The number of nitrogens with one attached hydrogen (secondary N) is 2. The number of aromatic nitrogens is 1. The Labute approximate surface area is 212 Å². The normalized spacial score (nSPS) is 31.2. The van der Waals surface area contributed by atoms with Crippen LogP contribution in [0.25, 0.3) is 0 Å². The van der Waals surface area contributed by atoms with E-state index in [-0.39, 0.29) is 34.9 Å². The summed E-state index contributed by atoms with van der Waals surface area (Å²) in [6, 6.07) is 9.58. The fraction of sp³-hybridized carbons (Fsp3) is 0.552. The summed E-state index contributed by atoms with van der Waals surface area (Å²) in [5.74, 6) is 0.723. The number of nitrogens with zero attached hydrogens (tertiary/aromatic N) is 1. The van der Waals surface area contributed by atoms with E-state index < -0.39 is 11.5 Å². The van der Waals surface area contributed by atoms with Gasteiger partial charge in [-0.2, -0.15) is 0 Å². The van der Waals surface area contributed by atoms with Crippen LogP contribution in [0.15, 0.2) is 48.8 Å². The molecule has 4 N–H and O–H groups in total. The predicted octanol–water partition coefficient (Wildman–Crippen LogP) is 4.41. The van der Waals surface area contributed by atoms with Crippen molar-refractivity contribution >= 4 is 17.5 Å². The lowest BCUT2D eigenvalue weighted by molar-refractivity contribution is -0.133. The molecular weight excluding hydrogens is 455 g/mol. The standard InChI is InChI=1S/C29H37FN4O2/c1-18-13-19-14-20(16-28(2,15-19)27(36)34-23-7-11-32-12-8-23)24(18)25(31)26(35)33-17-29(9-10-29)21-3-5-22(30)6-4-21/h3-8,11-12,18-20,24-25H,9-10,13-17,31H2,1-2H3,(H,33,35)(H,32,34,36). The Balaban J connectivity index is 1.24. The Morgan fingerprint density at radius 3 is 2.47 bits per heavy atom. The molecule has 3 fully saturated rings. The molecule has 2 amide bonds. The average Bonchev–Trinajstić information content (AvgIpc) is 3.64. The summed E-state index contributed by atoms with van der Waals surface area (Å²) in [5.41, 5.74) is 7.86. The van der Waals surface area contributed by atoms with Gasteiger partial charge in [-0.05, 0) is 92.0 Å². The number of nitrogens with two attached hydrogens (primary N) is 1. The third kappa shape index (κ3) is 4.90. The smallest absolute Gasteiger partial charge is 0.237 e. The number of carbonyl (C=O) groups excluding carboxylic acids is 2. The van der Waals surface area contributed by atoms with Gasteiger partial charge in [0.2, 0.25) is 11.8 Å². The second-order valence-electron chi connectivity index (χ2n) is 11.8. The molecule has 192 valence electrons. The molecule has 7 heteroatoms. The Kier molecular flexibility index (Phi) is 6.62. The largest absolute Gasteiger partial charge is 0.354 e. The lowest BCUT2D eigenvalue weighted by Crippen LogP contribution is -2.55. The summed E-state index contributed by atoms with van der Waals surface area (Å²) in [6.07, 6.45) is 8.89. The van der Waals surface area contributed by atoms with E-state index in [1.54, 1.807) is 24.5 Å². The van der Waals surface area contributed by atoms with Crippen LogP contribution in [0, 0.1) is 34.9 Å². The first kappa shape index (κ1) is 24.9. The third-order valence-electron chi connectivity index (χ3n) is 9.11. The SMILES string of the molecule is CC1CC2CC(CC(C)(C(=O)Nc3ccncc3)C2)C1C(N)C(=O)NCC1(c2ccc(F)cc2)CC1.